The van der Waals surface area contributed by atoms with Crippen molar-refractivity contribution in [2.75, 3.05) is 26.7 Å². The number of nitrogens with two attached hydrogens (primary N) is 1. The van der Waals surface area contributed by atoms with Gasteiger partial charge in [-0.15, -0.1) is 0 Å². The van der Waals surface area contributed by atoms with Crippen LogP contribution >= 0.6 is 0 Å². The lowest BCUT2D eigenvalue weighted by atomic mass is 10.2. The molecule has 1 aliphatic heterocycles. The zero-order valence-corrected chi connectivity index (χ0v) is 9.45. The summed E-state index contributed by atoms with van der Waals surface area (Å²) in [4.78, 5) is 5.11. The number of nitrogens with zero attached hydrogens (tertiary/aromatic N) is 2. The molecule has 0 bridgehead atoms. The van der Waals surface area contributed by atoms with Crippen LogP contribution in [0.5, 0.6) is 0 Å². The molecule has 0 aromatic heterocycles. The second-order valence-electron chi connectivity index (χ2n) is 4.94. The number of likely N-dealkylation sites (N-methyl/N-ethyl adjacent to an activating group) is 1. The fourth-order valence-corrected chi connectivity index (χ4v) is 2.47. The molecule has 2 N–H and O–H groups in total. The third-order valence-corrected chi connectivity index (χ3v) is 3.80. The van der Waals surface area contributed by atoms with Crippen molar-refractivity contribution in [3.63, 3.8) is 0 Å². The molecule has 3 heteroatoms. The average Bonchev–Trinajstić information content (AvgIpc) is 2.97. The van der Waals surface area contributed by atoms with Crippen LogP contribution in [0, 0.1) is 0 Å². The molecule has 1 saturated carbocycles. The van der Waals surface area contributed by atoms with Gasteiger partial charge in [-0.2, -0.15) is 0 Å². The maximum atomic E-state index is 5.82. The van der Waals surface area contributed by atoms with Gasteiger partial charge in [-0.25, -0.2) is 0 Å². The highest BCUT2D eigenvalue weighted by Crippen LogP contribution is 2.31. The molecule has 2 fully saturated rings. The summed E-state index contributed by atoms with van der Waals surface area (Å²) in [5.74, 6) is 0. The Hall–Kier alpha value is -0.120. The highest BCUT2D eigenvalue weighted by atomic mass is 15.3. The molecule has 1 saturated heterocycles. The van der Waals surface area contributed by atoms with Gasteiger partial charge in [0.1, 0.15) is 0 Å². The van der Waals surface area contributed by atoms with Crippen LogP contribution in [0.25, 0.3) is 0 Å². The second kappa shape index (κ2) is 4.17. The largest absolute Gasteiger partial charge is 0.329 e. The van der Waals surface area contributed by atoms with Crippen LogP contribution in [0.4, 0.5) is 0 Å². The zero-order valence-electron chi connectivity index (χ0n) is 9.45. The highest BCUT2D eigenvalue weighted by molar-refractivity contribution is 4.92. The van der Waals surface area contributed by atoms with Gasteiger partial charge >= 0.3 is 0 Å². The summed E-state index contributed by atoms with van der Waals surface area (Å²) in [7, 11) is 2.21. The quantitative estimate of drug-likeness (QED) is 0.700. The third-order valence-electron chi connectivity index (χ3n) is 3.80. The fraction of sp³-hybridized carbons (Fsp3) is 1.00. The Morgan fingerprint density at radius 2 is 2.00 bits per heavy atom. The first-order chi connectivity index (χ1) is 6.72. The van der Waals surface area contributed by atoms with Crippen molar-refractivity contribution in [3.8, 4) is 0 Å². The van der Waals surface area contributed by atoms with Crippen molar-refractivity contribution in [1.29, 1.82) is 0 Å². The lowest BCUT2D eigenvalue weighted by Crippen LogP contribution is -2.45. The van der Waals surface area contributed by atoms with E-state index in [4.69, 9.17) is 5.73 Å². The summed E-state index contributed by atoms with van der Waals surface area (Å²) in [5.41, 5.74) is 5.82. The predicted octanol–water partition coefficient (Wildman–Crippen LogP) is 0.502. The summed E-state index contributed by atoms with van der Waals surface area (Å²) >= 11 is 0. The average molecular weight is 197 g/mol. The van der Waals surface area contributed by atoms with E-state index in [1.807, 2.05) is 0 Å². The molecule has 1 aliphatic carbocycles. The highest BCUT2D eigenvalue weighted by Gasteiger charge is 2.35. The molecule has 3 nitrogen and oxygen atoms in total. The van der Waals surface area contributed by atoms with Crippen LogP contribution in [0.15, 0.2) is 0 Å². The van der Waals surface area contributed by atoms with Crippen LogP contribution < -0.4 is 5.73 Å². The Morgan fingerprint density at radius 3 is 2.57 bits per heavy atom. The van der Waals surface area contributed by atoms with E-state index >= 15 is 0 Å². The van der Waals surface area contributed by atoms with Gasteiger partial charge in [0.05, 0.1) is 0 Å². The Kier molecular flexibility index (Phi) is 3.10. The number of hydrogen-bond acceptors (Lipinski definition) is 3. The summed E-state index contributed by atoms with van der Waals surface area (Å²) in [6.07, 6.45) is 4.11. The molecule has 0 aromatic carbocycles. The minimum atomic E-state index is 0.570. The van der Waals surface area contributed by atoms with E-state index in [1.54, 1.807) is 0 Å². The predicted molar refractivity (Wildman–Crippen MR) is 59.3 cm³/mol. The molecule has 0 aromatic rings. The second-order valence-corrected chi connectivity index (χ2v) is 4.94. The SMILES string of the molecule is CC1CCN(C)C(CN)CN1C1CC1. The molecule has 2 unspecified atom stereocenters. The first-order valence-electron chi connectivity index (χ1n) is 5.88. The van der Waals surface area contributed by atoms with Crippen molar-refractivity contribution < 1.29 is 0 Å². The van der Waals surface area contributed by atoms with Crippen LogP contribution in [-0.4, -0.2) is 54.6 Å². The monoisotopic (exact) mass is 197 g/mol. The molecule has 2 aliphatic rings. The summed E-state index contributed by atoms with van der Waals surface area (Å²) in [5, 5.41) is 0. The van der Waals surface area contributed by atoms with Crippen LogP contribution in [0.1, 0.15) is 26.2 Å². The standard InChI is InChI=1S/C11H23N3/c1-9-5-6-13(2)11(7-12)8-14(9)10-3-4-10/h9-11H,3-8,12H2,1-2H3. The summed E-state index contributed by atoms with van der Waals surface area (Å²) in [6, 6.07) is 2.20. The van der Waals surface area contributed by atoms with E-state index < -0.39 is 0 Å². The maximum absolute atomic E-state index is 5.82. The zero-order chi connectivity index (χ0) is 10.1. The topological polar surface area (TPSA) is 32.5 Å². The molecule has 0 amide bonds. The normalized spacial score (nSPS) is 37.1. The van der Waals surface area contributed by atoms with Gasteiger partial charge in [0.25, 0.3) is 0 Å². The van der Waals surface area contributed by atoms with E-state index in [1.165, 1.54) is 32.4 Å². The minimum absolute atomic E-state index is 0.570. The van der Waals surface area contributed by atoms with Crippen LogP contribution in [0.2, 0.25) is 0 Å². The Balaban J connectivity index is 2.01. The minimum Gasteiger partial charge on any atom is -0.329 e. The Bertz CT molecular complexity index is 191. The van der Waals surface area contributed by atoms with Crippen molar-refractivity contribution in [1.82, 2.24) is 9.80 Å². The Morgan fingerprint density at radius 1 is 1.29 bits per heavy atom. The third kappa shape index (κ3) is 2.10. The Labute approximate surface area is 87.2 Å². The lowest BCUT2D eigenvalue weighted by molar-refractivity contribution is 0.175. The molecule has 1 heterocycles. The first kappa shape index (κ1) is 10.4. The fourth-order valence-electron chi connectivity index (χ4n) is 2.47. The van der Waals surface area contributed by atoms with E-state index in [0.29, 0.717) is 6.04 Å². The van der Waals surface area contributed by atoms with Crippen molar-refractivity contribution in [2.24, 2.45) is 5.73 Å². The van der Waals surface area contributed by atoms with Gasteiger partial charge in [-0.05, 0) is 39.8 Å². The van der Waals surface area contributed by atoms with E-state index in [-0.39, 0.29) is 0 Å². The molecule has 14 heavy (non-hydrogen) atoms. The van der Waals surface area contributed by atoms with Crippen LogP contribution in [0.3, 0.4) is 0 Å². The molecular weight excluding hydrogens is 174 g/mol. The van der Waals surface area contributed by atoms with Gasteiger partial charge in [0.2, 0.25) is 0 Å². The van der Waals surface area contributed by atoms with Gasteiger partial charge in [0, 0.05) is 31.2 Å². The maximum Gasteiger partial charge on any atom is 0.0342 e. The van der Waals surface area contributed by atoms with Crippen LogP contribution in [-0.2, 0) is 0 Å². The van der Waals surface area contributed by atoms with Gasteiger partial charge < -0.3 is 10.6 Å². The first-order valence-corrected chi connectivity index (χ1v) is 5.88. The van der Waals surface area contributed by atoms with Crippen molar-refractivity contribution in [3.05, 3.63) is 0 Å². The number of rotatable bonds is 2. The molecule has 2 atom stereocenters. The van der Waals surface area contributed by atoms with Gasteiger partial charge in [0.15, 0.2) is 0 Å². The van der Waals surface area contributed by atoms with E-state index in [0.717, 1.165) is 18.6 Å². The molecular formula is C11H23N3. The van der Waals surface area contributed by atoms with Gasteiger partial charge in [-0.1, -0.05) is 0 Å². The smallest absolute Gasteiger partial charge is 0.0342 e. The van der Waals surface area contributed by atoms with Crippen molar-refractivity contribution >= 4 is 0 Å². The van der Waals surface area contributed by atoms with E-state index in [2.05, 4.69) is 23.8 Å². The molecule has 0 radical (unpaired) electrons. The molecule has 82 valence electrons. The summed E-state index contributed by atoms with van der Waals surface area (Å²) < 4.78 is 0. The number of hydrogen-bond donors (Lipinski definition) is 1. The van der Waals surface area contributed by atoms with Gasteiger partial charge in [-0.3, -0.25) is 4.90 Å². The van der Waals surface area contributed by atoms with E-state index in [9.17, 15) is 0 Å². The van der Waals surface area contributed by atoms with Crippen molar-refractivity contribution in [2.45, 2.75) is 44.3 Å². The molecule has 0 spiro atoms. The molecule has 2 rings (SSSR count). The lowest BCUT2D eigenvalue weighted by Gasteiger charge is -2.30. The summed E-state index contributed by atoms with van der Waals surface area (Å²) in [6.45, 7) is 5.54.